The number of aromatic nitrogens is 4. The van der Waals surface area contributed by atoms with Gasteiger partial charge in [-0.05, 0) is 25.8 Å². The Bertz CT molecular complexity index is 668. The zero-order valence-corrected chi connectivity index (χ0v) is 12.9. The molecule has 2 aromatic rings. The van der Waals surface area contributed by atoms with Gasteiger partial charge in [0.2, 0.25) is 0 Å². The van der Waals surface area contributed by atoms with Crippen molar-refractivity contribution in [2.75, 3.05) is 18.0 Å². The number of carbonyl (C=O) groups excluding carboxylic acids is 1. The Morgan fingerprint density at radius 1 is 1.45 bits per heavy atom. The number of nitrogens with zero attached hydrogens (tertiary/aromatic N) is 5. The van der Waals surface area contributed by atoms with Crippen LogP contribution in [0.15, 0.2) is 24.7 Å². The number of piperidine rings is 1. The minimum atomic E-state index is -0.0705. The molecule has 0 spiro atoms. The van der Waals surface area contributed by atoms with Crippen LogP contribution < -0.4 is 10.2 Å². The minimum absolute atomic E-state index is 0.0705. The smallest absolute Gasteiger partial charge is 0.254 e. The van der Waals surface area contributed by atoms with E-state index in [1.54, 1.807) is 30.3 Å². The van der Waals surface area contributed by atoms with E-state index in [1.165, 1.54) is 0 Å². The maximum atomic E-state index is 12.2. The van der Waals surface area contributed by atoms with Gasteiger partial charge in [0, 0.05) is 38.6 Å². The predicted octanol–water partition coefficient (Wildman–Crippen LogP) is 0.917. The van der Waals surface area contributed by atoms with Crippen LogP contribution in [0.1, 0.15) is 29.0 Å². The molecule has 3 heterocycles. The summed E-state index contributed by atoms with van der Waals surface area (Å²) in [6.07, 6.45) is 7.09. The number of rotatable bonds is 3. The van der Waals surface area contributed by atoms with Gasteiger partial charge in [-0.1, -0.05) is 0 Å². The van der Waals surface area contributed by atoms with Crippen molar-refractivity contribution in [1.82, 2.24) is 25.1 Å². The van der Waals surface area contributed by atoms with Crippen molar-refractivity contribution in [1.29, 1.82) is 0 Å². The number of hydrogen-bond acceptors (Lipinski definition) is 5. The van der Waals surface area contributed by atoms with Crippen LogP contribution in [0.3, 0.4) is 0 Å². The van der Waals surface area contributed by atoms with E-state index in [0.29, 0.717) is 5.56 Å². The molecule has 0 aromatic carbocycles. The minimum Gasteiger partial charge on any atom is -0.354 e. The molecule has 1 saturated heterocycles. The second kappa shape index (κ2) is 6.13. The van der Waals surface area contributed by atoms with E-state index in [2.05, 4.69) is 25.3 Å². The Morgan fingerprint density at radius 3 is 3.05 bits per heavy atom. The summed E-state index contributed by atoms with van der Waals surface area (Å²) in [5.41, 5.74) is 0.595. The average Bonchev–Trinajstić information content (AvgIpc) is 2.94. The second-order valence-electron chi connectivity index (χ2n) is 5.62. The first-order valence-electron chi connectivity index (χ1n) is 7.46. The Balaban J connectivity index is 1.64. The lowest BCUT2D eigenvalue weighted by Crippen LogP contribution is -2.48. The number of carbonyl (C=O) groups is 1. The van der Waals surface area contributed by atoms with Crippen LogP contribution >= 0.6 is 0 Å². The van der Waals surface area contributed by atoms with E-state index in [-0.39, 0.29) is 11.9 Å². The summed E-state index contributed by atoms with van der Waals surface area (Å²) in [6, 6.07) is 2.04. The lowest BCUT2D eigenvalue weighted by molar-refractivity contribution is 0.0933. The molecule has 0 saturated carbocycles. The van der Waals surface area contributed by atoms with Crippen molar-refractivity contribution < 1.29 is 4.79 Å². The molecule has 1 fully saturated rings. The van der Waals surface area contributed by atoms with Gasteiger partial charge in [-0.3, -0.25) is 9.48 Å². The zero-order chi connectivity index (χ0) is 15.5. The Hall–Kier alpha value is -2.44. The molecule has 1 atom stereocenters. The summed E-state index contributed by atoms with van der Waals surface area (Å²) < 4.78 is 1.63. The van der Waals surface area contributed by atoms with Gasteiger partial charge >= 0.3 is 0 Å². The highest BCUT2D eigenvalue weighted by Gasteiger charge is 2.23. The highest BCUT2D eigenvalue weighted by molar-refractivity contribution is 5.93. The lowest BCUT2D eigenvalue weighted by atomic mass is 10.1. The summed E-state index contributed by atoms with van der Waals surface area (Å²) in [6.45, 7) is 3.60. The van der Waals surface area contributed by atoms with Gasteiger partial charge in [-0.2, -0.15) is 5.10 Å². The van der Waals surface area contributed by atoms with Crippen molar-refractivity contribution in [2.45, 2.75) is 25.8 Å². The molecule has 116 valence electrons. The monoisotopic (exact) mass is 300 g/mol. The van der Waals surface area contributed by atoms with Gasteiger partial charge in [0.15, 0.2) is 0 Å². The van der Waals surface area contributed by atoms with Crippen LogP contribution in [0.2, 0.25) is 0 Å². The van der Waals surface area contributed by atoms with E-state index >= 15 is 0 Å². The van der Waals surface area contributed by atoms with Crippen molar-refractivity contribution in [3.63, 3.8) is 0 Å². The van der Waals surface area contributed by atoms with Gasteiger partial charge in [0.25, 0.3) is 5.91 Å². The molecule has 0 radical (unpaired) electrons. The fraction of sp³-hybridized carbons (Fsp3) is 0.467. The quantitative estimate of drug-likeness (QED) is 0.912. The standard InChI is InChI=1S/C15H20N6O/c1-11-16-6-5-14(18-11)21-7-3-4-13(10-21)19-15(22)12-8-17-20(2)9-12/h5-6,8-9,13H,3-4,7,10H2,1-2H3,(H,19,22). The third-order valence-electron chi connectivity index (χ3n) is 3.81. The summed E-state index contributed by atoms with van der Waals surface area (Å²) in [4.78, 5) is 23.0. The molecule has 7 heteroatoms. The summed E-state index contributed by atoms with van der Waals surface area (Å²) in [5, 5.41) is 7.12. The lowest BCUT2D eigenvalue weighted by Gasteiger charge is -2.33. The van der Waals surface area contributed by atoms with E-state index in [1.807, 2.05) is 13.0 Å². The molecular weight excluding hydrogens is 280 g/mol. The van der Waals surface area contributed by atoms with Crippen molar-refractivity contribution >= 4 is 11.7 Å². The van der Waals surface area contributed by atoms with Crippen molar-refractivity contribution in [3.05, 3.63) is 36.0 Å². The molecule has 1 N–H and O–H groups in total. The molecule has 22 heavy (non-hydrogen) atoms. The number of aryl methyl sites for hydroxylation is 2. The van der Waals surface area contributed by atoms with Crippen LogP contribution in [0, 0.1) is 6.92 Å². The number of anilines is 1. The molecule has 3 rings (SSSR count). The topological polar surface area (TPSA) is 75.9 Å². The SMILES string of the molecule is Cc1nccc(N2CCCC(NC(=O)c3cnn(C)c3)C2)n1. The first-order valence-corrected chi connectivity index (χ1v) is 7.46. The molecule has 0 aliphatic carbocycles. The Kier molecular flexibility index (Phi) is 4.04. The van der Waals surface area contributed by atoms with E-state index in [4.69, 9.17) is 0 Å². The normalized spacial score (nSPS) is 18.3. The van der Waals surface area contributed by atoms with E-state index < -0.39 is 0 Å². The van der Waals surface area contributed by atoms with E-state index in [9.17, 15) is 4.79 Å². The molecule has 1 unspecified atom stereocenters. The predicted molar refractivity (Wildman–Crippen MR) is 82.7 cm³/mol. The van der Waals surface area contributed by atoms with Crippen molar-refractivity contribution in [3.8, 4) is 0 Å². The molecule has 1 amide bonds. The van der Waals surface area contributed by atoms with Gasteiger partial charge in [0.1, 0.15) is 11.6 Å². The second-order valence-corrected chi connectivity index (χ2v) is 5.62. The van der Waals surface area contributed by atoms with Crippen LogP contribution in [0.4, 0.5) is 5.82 Å². The van der Waals surface area contributed by atoms with Gasteiger partial charge in [-0.15, -0.1) is 0 Å². The highest BCUT2D eigenvalue weighted by atomic mass is 16.1. The van der Waals surface area contributed by atoms with Crippen LogP contribution in [-0.4, -0.2) is 44.8 Å². The molecular formula is C15H20N6O. The molecule has 2 aromatic heterocycles. The summed E-state index contributed by atoms with van der Waals surface area (Å²) >= 11 is 0. The highest BCUT2D eigenvalue weighted by Crippen LogP contribution is 2.17. The molecule has 1 aliphatic rings. The summed E-state index contributed by atoms with van der Waals surface area (Å²) in [7, 11) is 1.80. The largest absolute Gasteiger partial charge is 0.354 e. The average molecular weight is 300 g/mol. The number of nitrogens with one attached hydrogen (secondary N) is 1. The third kappa shape index (κ3) is 3.24. The zero-order valence-electron chi connectivity index (χ0n) is 12.9. The van der Waals surface area contributed by atoms with Gasteiger partial charge < -0.3 is 10.2 Å². The summed E-state index contributed by atoms with van der Waals surface area (Å²) in [5.74, 6) is 1.62. The molecule has 7 nitrogen and oxygen atoms in total. The van der Waals surface area contributed by atoms with Crippen LogP contribution in [0.5, 0.6) is 0 Å². The Labute approximate surface area is 129 Å². The first-order chi connectivity index (χ1) is 10.6. The van der Waals surface area contributed by atoms with Gasteiger partial charge in [0.05, 0.1) is 11.8 Å². The number of hydrogen-bond donors (Lipinski definition) is 1. The van der Waals surface area contributed by atoms with Crippen LogP contribution in [0.25, 0.3) is 0 Å². The fourth-order valence-electron chi connectivity index (χ4n) is 2.73. The van der Waals surface area contributed by atoms with Gasteiger partial charge in [-0.25, -0.2) is 9.97 Å². The maximum absolute atomic E-state index is 12.2. The molecule has 0 bridgehead atoms. The number of amides is 1. The van der Waals surface area contributed by atoms with Crippen molar-refractivity contribution in [2.24, 2.45) is 7.05 Å². The van der Waals surface area contributed by atoms with Crippen LogP contribution in [-0.2, 0) is 7.05 Å². The van der Waals surface area contributed by atoms with E-state index in [0.717, 1.165) is 37.6 Å². The fourth-order valence-corrected chi connectivity index (χ4v) is 2.73. The molecule has 1 aliphatic heterocycles. The maximum Gasteiger partial charge on any atom is 0.254 e. The third-order valence-corrected chi connectivity index (χ3v) is 3.81. The Morgan fingerprint density at radius 2 is 2.32 bits per heavy atom. The first kappa shape index (κ1) is 14.5.